The number of carbonyl (C=O) groups excluding carboxylic acids is 1. The van der Waals surface area contributed by atoms with Gasteiger partial charge in [0.2, 0.25) is 11.8 Å². The fraction of sp³-hybridized carbons (Fsp3) is 0.462. The third kappa shape index (κ3) is 3.67. The molecule has 1 atom stereocenters. The Morgan fingerprint density at radius 1 is 1.53 bits per heavy atom. The molecule has 0 aliphatic carbocycles. The third-order valence-corrected chi connectivity index (χ3v) is 2.78. The van der Waals surface area contributed by atoms with Crippen molar-refractivity contribution in [2.24, 2.45) is 0 Å². The average molecular weight is 263 g/mol. The number of furan rings is 1. The number of nitrogens with one attached hydrogen (secondary N) is 1. The van der Waals surface area contributed by atoms with Gasteiger partial charge in [-0.15, -0.1) is 0 Å². The summed E-state index contributed by atoms with van der Waals surface area (Å²) in [6, 6.07) is 3.46. The number of carbonyl (C=O) groups is 1. The average Bonchev–Trinajstić information content (AvgIpc) is 3.04. The van der Waals surface area contributed by atoms with Crippen LogP contribution < -0.4 is 5.32 Å². The topological polar surface area (TPSA) is 81.2 Å². The maximum atomic E-state index is 11.8. The molecule has 0 radical (unpaired) electrons. The van der Waals surface area contributed by atoms with Crippen molar-refractivity contribution in [1.82, 2.24) is 15.5 Å². The number of aryl methyl sites for hydroxylation is 2. The predicted octanol–water partition coefficient (Wildman–Crippen LogP) is 2.17. The molecule has 0 aliphatic heterocycles. The smallest absolute Gasteiger partial charge is 0.223 e. The van der Waals surface area contributed by atoms with E-state index in [4.69, 9.17) is 8.94 Å². The largest absolute Gasteiger partial charge is 0.469 e. The highest BCUT2D eigenvalue weighted by Gasteiger charge is 2.17. The Morgan fingerprint density at radius 2 is 2.37 bits per heavy atom. The summed E-state index contributed by atoms with van der Waals surface area (Å²) in [5, 5.41) is 6.72. The Hall–Kier alpha value is -2.11. The molecule has 2 heterocycles. The highest BCUT2D eigenvalue weighted by molar-refractivity contribution is 5.76. The standard InChI is InChI=1S/C13H17N3O3/c1-3-11(13-14-9(2)19-16-13)15-12(17)7-6-10-5-4-8-18-10/h4-5,8,11H,3,6-7H2,1-2H3,(H,15,17)/t11-/m0/s1. The second-order valence-corrected chi connectivity index (χ2v) is 4.28. The fourth-order valence-electron chi connectivity index (χ4n) is 1.76. The summed E-state index contributed by atoms with van der Waals surface area (Å²) >= 11 is 0. The summed E-state index contributed by atoms with van der Waals surface area (Å²) in [7, 11) is 0. The van der Waals surface area contributed by atoms with E-state index in [9.17, 15) is 4.79 Å². The molecule has 0 unspecified atom stereocenters. The zero-order valence-electron chi connectivity index (χ0n) is 11.0. The van der Waals surface area contributed by atoms with E-state index in [-0.39, 0.29) is 11.9 Å². The van der Waals surface area contributed by atoms with Crippen LogP contribution in [0.5, 0.6) is 0 Å². The molecule has 19 heavy (non-hydrogen) atoms. The maximum absolute atomic E-state index is 11.8. The minimum atomic E-state index is -0.207. The van der Waals surface area contributed by atoms with Crippen LogP contribution in [-0.4, -0.2) is 16.0 Å². The Labute approximate surface area is 111 Å². The number of rotatable bonds is 6. The molecule has 102 valence electrons. The van der Waals surface area contributed by atoms with Crippen molar-refractivity contribution in [3.05, 3.63) is 35.9 Å². The second kappa shape index (κ2) is 6.17. The van der Waals surface area contributed by atoms with E-state index in [1.165, 1.54) is 0 Å². The molecule has 1 N–H and O–H groups in total. The number of hydrogen-bond acceptors (Lipinski definition) is 5. The van der Waals surface area contributed by atoms with E-state index in [0.29, 0.717) is 31.0 Å². The van der Waals surface area contributed by atoms with E-state index in [1.807, 2.05) is 19.1 Å². The van der Waals surface area contributed by atoms with Gasteiger partial charge < -0.3 is 14.3 Å². The van der Waals surface area contributed by atoms with E-state index in [2.05, 4.69) is 15.5 Å². The molecule has 2 rings (SSSR count). The zero-order chi connectivity index (χ0) is 13.7. The van der Waals surface area contributed by atoms with Crippen LogP contribution >= 0.6 is 0 Å². The van der Waals surface area contributed by atoms with E-state index < -0.39 is 0 Å². The molecule has 2 aromatic heterocycles. The van der Waals surface area contributed by atoms with Gasteiger partial charge in [-0.1, -0.05) is 12.1 Å². The summed E-state index contributed by atoms with van der Waals surface area (Å²) in [5.74, 6) is 1.77. The van der Waals surface area contributed by atoms with Gasteiger partial charge in [0.1, 0.15) is 5.76 Å². The maximum Gasteiger partial charge on any atom is 0.223 e. The molecule has 1 amide bonds. The lowest BCUT2D eigenvalue weighted by atomic mass is 10.2. The van der Waals surface area contributed by atoms with Gasteiger partial charge in [0.25, 0.3) is 0 Å². The Balaban J connectivity index is 1.86. The third-order valence-electron chi connectivity index (χ3n) is 2.78. The van der Waals surface area contributed by atoms with Crippen LogP contribution in [0.15, 0.2) is 27.3 Å². The van der Waals surface area contributed by atoms with Crippen molar-refractivity contribution >= 4 is 5.91 Å². The lowest BCUT2D eigenvalue weighted by Crippen LogP contribution is -2.29. The summed E-state index contributed by atoms with van der Waals surface area (Å²) in [6.45, 7) is 3.69. The molecular weight excluding hydrogens is 246 g/mol. The van der Waals surface area contributed by atoms with Crippen molar-refractivity contribution in [2.45, 2.75) is 39.2 Å². The molecule has 0 spiro atoms. The number of nitrogens with zero attached hydrogens (tertiary/aromatic N) is 2. The summed E-state index contributed by atoms with van der Waals surface area (Å²) in [4.78, 5) is 16.0. The second-order valence-electron chi connectivity index (χ2n) is 4.28. The van der Waals surface area contributed by atoms with Crippen LogP contribution in [0.2, 0.25) is 0 Å². The van der Waals surface area contributed by atoms with Gasteiger partial charge in [0, 0.05) is 19.8 Å². The van der Waals surface area contributed by atoms with Crippen molar-refractivity contribution in [2.75, 3.05) is 0 Å². The van der Waals surface area contributed by atoms with Gasteiger partial charge in [-0.3, -0.25) is 4.79 Å². The van der Waals surface area contributed by atoms with Crippen molar-refractivity contribution in [3.63, 3.8) is 0 Å². The van der Waals surface area contributed by atoms with Crippen LogP contribution in [0.4, 0.5) is 0 Å². The Morgan fingerprint density at radius 3 is 2.95 bits per heavy atom. The van der Waals surface area contributed by atoms with Gasteiger partial charge in [0.15, 0.2) is 5.82 Å². The van der Waals surface area contributed by atoms with Gasteiger partial charge in [-0.2, -0.15) is 4.98 Å². The molecule has 0 aliphatic rings. The van der Waals surface area contributed by atoms with Crippen LogP contribution in [0.1, 0.15) is 43.3 Å². The van der Waals surface area contributed by atoms with E-state index >= 15 is 0 Å². The van der Waals surface area contributed by atoms with Crippen LogP contribution in [0, 0.1) is 6.92 Å². The monoisotopic (exact) mass is 263 g/mol. The lowest BCUT2D eigenvalue weighted by Gasteiger charge is -2.12. The first-order chi connectivity index (χ1) is 9.19. The van der Waals surface area contributed by atoms with Gasteiger partial charge in [-0.05, 0) is 18.6 Å². The summed E-state index contributed by atoms with van der Waals surface area (Å²) in [5.41, 5.74) is 0. The number of aromatic nitrogens is 2. The molecule has 0 bridgehead atoms. The Kier molecular flexibility index (Phi) is 4.33. The van der Waals surface area contributed by atoms with Crippen molar-refractivity contribution in [3.8, 4) is 0 Å². The van der Waals surface area contributed by atoms with E-state index in [0.717, 1.165) is 5.76 Å². The SMILES string of the molecule is CC[C@H](NC(=O)CCc1ccco1)c1noc(C)n1. The van der Waals surface area contributed by atoms with Gasteiger partial charge >= 0.3 is 0 Å². The van der Waals surface area contributed by atoms with Crippen LogP contribution in [-0.2, 0) is 11.2 Å². The van der Waals surface area contributed by atoms with Crippen molar-refractivity contribution < 1.29 is 13.7 Å². The molecule has 0 aromatic carbocycles. The first-order valence-corrected chi connectivity index (χ1v) is 6.31. The Bertz CT molecular complexity index is 519. The summed E-state index contributed by atoms with van der Waals surface area (Å²) < 4.78 is 10.1. The lowest BCUT2D eigenvalue weighted by molar-refractivity contribution is -0.122. The number of amides is 1. The van der Waals surface area contributed by atoms with Crippen molar-refractivity contribution in [1.29, 1.82) is 0 Å². The highest BCUT2D eigenvalue weighted by atomic mass is 16.5. The van der Waals surface area contributed by atoms with Crippen LogP contribution in [0.3, 0.4) is 0 Å². The minimum absolute atomic E-state index is 0.0503. The van der Waals surface area contributed by atoms with Gasteiger partial charge in [-0.25, -0.2) is 0 Å². The van der Waals surface area contributed by atoms with E-state index in [1.54, 1.807) is 13.2 Å². The summed E-state index contributed by atoms with van der Waals surface area (Å²) in [6.07, 6.45) is 3.27. The molecule has 6 nitrogen and oxygen atoms in total. The van der Waals surface area contributed by atoms with Gasteiger partial charge in [0.05, 0.1) is 12.3 Å². The number of hydrogen-bond donors (Lipinski definition) is 1. The molecule has 2 aromatic rings. The fourth-order valence-corrected chi connectivity index (χ4v) is 1.76. The zero-order valence-corrected chi connectivity index (χ0v) is 11.0. The van der Waals surface area contributed by atoms with Crippen LogP contribution in [0.25, 0.3) is 0 Å². The predicted molar refractivity (Wildman–Crippen MR) is 67.2 cm³/mol. The first-order valence-electron chi connectivity index (χ1n) is 6.31. The highest BCUT2D eigenvalue weighted by Crippen LogP contribution is 2.13. The molecule has 0 saturated carbocycles. The molecular formula is C13H17N3O3. The molecule has 6 heteroatoms. The molecule has 0 fully saturated rings. The minimum Gasteiger partial charge on any atom is -0.469 e. The normalized spacial score (nSPS) is 12.3. The first kappa shape index (κ1) is 13.3. The quantitative estimate of drug-likeness (QED) is 0.863. The molecule has 0 saturated heterocycles.